The van der Waals surface area contributed by atoms with Crippen molar-refractivity contribution in [2.45, 2.75) is 45.7 Å². The van der Waals surface area contributed by atoms with E-state index in [2.05, 4.69) is 42.0 Å². The molecule has 1 aliphatic rings. The topological polar surface area (TPSA) is 42.3 Å². The van der Waals surface area contributed by atoms with Gasteiger partial charge in [0.05, 0.1) is 12.1 Å². The number of nitriles is 1. The number of nitrogens with zero attached hydrogens (tertiary/aromatic N) is 3. The highest BCUT2D eigenvalue weighted by Gasteiger charge is 2.22. The molecular weight excluding hydrogens is 224 g/mol. The molecule has 0 spiro atoms. The fraction of sp³-hybridized carbons (Fsp3) is 0.929. The molecule has 1 heterocycles. The average molecular weight is 252 g/mol. The number of nitrogens with one attached hydrogen (secondary N) is 1. The minimum atomic E-state index is 0.0180. The van der Waals surface area contributed by atoms with Crippen LogP contribution < -0.4 is 5.32 Å². The van der Waals surface area contributed by atoms with E-state index in [0.29, 0.717) is 6.04 Å². The highest BCUT2D eigenvalue weighted by molar-refractivity contribution is 4.90. The first-order valence-electron chi connectivity index (χ1n) is 7.30. The van der Waals surface area contributed by atoms with Gasteiger partial charge in [0.1, 0.15) is 0 Å². The van der Waals surface area contributed by atoms with E-state index in [1.807, 2.05) is 0 Å². The third kappa shape index (κ3) is 4.93. The van der Waals surface area contributed by atoms with E-state index in [1.165, 1.54) is 0 Å². The summed E-state index contributed by atoms with van der Waals surface area (Å²) in [6, 6.07) is 3.02. The molecule has 0 bridgehead atoms. The average Bonchev–Trinajstić information content (AvgIpc) is 2.39. The first-order valence-corrected chi connectivity index (χ1v) is 7.30. The Morgan fingerprint density at radius 3 is 2.72 bits per heavy atom. The van der Waals surface area contributed by atoms with E-state index in [-0.39, 0.29) is 6.04 Å². The highest BCUT2D eigenvalue weighted by atomic mass is 15.3. The molecule has 1 saturated heterocycles. The van der Waals surface area contributed by atoms with Gasteiger partial charge in [0.25, 0.3) is 0 Å². The lowest BCUT2D eigenvalue weighted by Gasteiger charge is -2.39. The molecule has 2 atom stereocenters. The van der Waals surface area contributed by atoms with Crippen LogP contribution in [-0.4, -0.2) is 61.2 Å². The summed E-state index contributed by atoms with van der Waals surface area (Å²) in [6.07, 6.45) is 2.03. The van der Waals surface area contributed by atoms with Crippen LogP contribution in [0.1, 0.15) is 33.6 Å². The Bertz CT molecular complexity index is 261. The maximum absolute atomic E-state index is 9.07. The quantitative estimate of drug-likeness (QED) is 0.741. The third-order valence-corrected chi connectivity index (χ3v) is 3.79. The van der Waals surface area contributed by atoms with Gasteiger partial charge in [-0.1, -0.05) is 13.8 Å². The van der Waals surface area contributed by atoms with Crippen molar-refractivity contribution in [1.82, 2.24) is 15.1 Å². The SMILES string of the molecule is CCCNC(C#N)CCN1CCN(CC)C(C)C1. The van der Waals surface area contributed by atoms with Crippen LogP contribution in [0.2, 0.25) is 0 Å². The van der Waals surface area contributed by atoms with Gasteiger partial charge in [0.15, 0.2) is 0 Å². The zero-order valence-electron chi connectivity index (χ0n) is 12.2. The zero-order chi connectivity index (χ0) is 13.4. The Morgan fingerprint density at radius 1 is 1.39 bits per heavy atom. The lowest BCUT2D eigenvalue weighted by Crippen LogP contribution is -2.52. The molecule has 18 heavy (non-hydrogen) atoms. The van der Waals surface area contributed by atoms with Crippen molar-refractivity contribution in [3.63, 3.8) is 0 Å². The molecule has 4 heteroatoms. The van der Waals surface area contributed by atoms with E-state index in [4.69, 9.17) is 5.26 Å². The van der Waals surface area contributed by atoms with E-state index in [1.54, 1.807) is 0 Å². The lowest BCUT2D eigenvalue weighted by atomic mass is 10.1. The number of hydrogen-bond acceptors (Lipinski definition) is 4. The van der Waals surface area contributed by atoms with E-state index in [9.17, 15) is 0 Å². The molecule has 1 rings (SSSR count). The van der Waals surface area contributed by atoms with Crippen molar-refractivity contribution in [1.29, 1.82) is 5.26 Å². The molecule has 0 amide bonds. The van der Waals surface area contributed by atoms with Crippen molar-refractivity contribution in [2.75, 3.05) is 39.3 Å². The predicted octanol–water partition coefficient (Wildman–Crippen LogP) is 1.29. The smallest absolute Gasteiger partial charge is 0.0965 e. The van der Waals surface area contributed by atoms with Gasteiger partial charge in [-0.25, -0.2) is 0 Å². The molecule has 104 valence electrons. The zero-order valence-corrected chi connectivity index (χ0v) is 12.2. The van der Waals surface area contributed by atoms with Crippen LogP contribution in [0.5, 0.6) is 0 Å². The Kier molecular flexibility index (Phi) is 7.26. The first kappa shape index (κ1) is 15.4. The summed E-state index contributed by atoms with van der Waals surface area (Å²) in [5, 5.41) is 12.4. The van der Waals surface area contributed by atoms with E-state index >= 15 is 0 Å². The summed E-state index contributed by atoms with van der Waals surface area (Å²) >= 11 is 0. The largest absolute Gasteiger partial charge is 0.302 e. The molecule has 0 aromatic carbocycles. The second kappa shape index (κ2) is 8.47. The molecule has 2 unspecified atom stereocenters. The standard InChI is InChI=1S/C14H28N4/c1-4-7-16-14(11-15)6-8-17-9-10-18(5-2)13(3)12-17/h13-14,16H,4-10,12H2,1-3H3. The molecule has 0 aromatic rings. The molecule has 0 aliphatic carbocycles. The molecule has 1 aliphatic heterocycles. The Hall–Kier alpha value is -0.630. The Labute approximate surface area is 112 Å². The number of likely N-dealkylation sites (N-methyl/N-ethyl adjacent to an activating group) is 1. The first-order chi connectivity index (χ1) is 8.71. The predicted molar refractivity (Wildman–Crippen MR) is 75.5 cm³/mol. The van der Waals surface area contributed by atoms with Gasteiger partial charge < -0.3 is 10.2 Å². The fourth-order valence-electron chi connectivity index (χ4n) is 2.59. The summed E-state index contributed by atoms with van der Waals surface area (Å²) in [6.45, 7) is 13.2. The second-order valence-corrected chi connectivity index (χ2v) is 5.20. The number of piperazine rings is 1. The van der Waals surface area contributed by atoms with E-state index < -0.39 is 0 Å². The molecule has 1 fully saturated rings. The summed E-state index contributed by atoms with van der Waals surface area (Å²) in [5.74, 6) is 0. The van der Waals surface area contributed by atoms with Gasteiger partial charge >= 0.3 is 0 Å². The van der Waals surface area contributed by atoms with E-state index in [0.717, 1.165) is 52.1 Å². The molecule has 4 nitrogen and oxygen atoms in total. The summed E-state index contributed by atoms with van der Waals surface area (Å²) in [5.41, 5.74) is 0. The lowest BCUT2D eigenvalue weighted by molar-refractivity contribution is 0.0863. The third-order valence-electron chi connectivity index (χ3n) is 3.79. The van der Waals surface area contributed by atoms with Gasteiger partial charge in [0, 0.05) is 32.2 Å². The molecule has 0 radical (unpaired) electrons. The summed E-state index contributed by atoms with van der Waals surface area (Å²) in [7, 11) is 0. The van der Waals surface area contributed by atoms with Crippen molar-refractivity contribution in [3.8, 4) is 6.07 Å². The number of hydrogen-bond donors (Lipinski definition) is 1. The van der Waals surface area contributed by atoms with Gasteiger partial charge in [-0.05, 0) is 32.9 Å². The number of rotatable bonds is 7. The van der Waals surface area contributed by atoms with Crippen LogP contribution in [0.15, 0.2) is 0 Å². The van der Waals surface area contributed by atoms with Crippen molar-refractivity contribution in [3.05, 3.63) is 0 Å². The maximum Gasteiger partial charge on any atom is 0.0965 e. The minimum Gasteiger partial charge on any atom is -0.302 e. The monoisotopic (exact) mass is 252 g/mol. The van der Waals surface area contributed by atoms with Gasteiger partial charge in [-0.15, -0.1) is 0 Å². The molecular formula is C14H28N4. The Morgan fingerprint density at radius 2 is 2.17 bits per heavy atom. The van der Waals surface area contributed by atoms with Gasteiger partial charge in [-0.3, -0.25) is 4.90 Å². The van der Waals surface area contributed by atoms with Crippen LogP contribution in [0, 0.1) is 11.3 Å². The van der Waals surface area contributed by atoms with Gasteiger partial charge in [-0.2, -0.15) is 5.26 Å². The minimum absolute atomic E-state index is 0.0180. The van der Waals surface area contributed by atoms with Gasteiger partial charge in [0.2, 0.25) is 0 Å². The maximum atomic E-state index is 9.07. The highest BCUT2D eigenvalue weighted by Crippen LogP contribution is 2.09. The molecule has 0 saturated carbocycles. The molecule has 0 aromatic heterocycles. The van der Waals surface area contributed by atoms with Crippen LogP contribution in [0.3, 0.4) is 0 Å². The van der Waals surface area contributed by atoms with Crippen molar-refractivity contribution < 1.29 is 0 Å². The summed E-state index contributed by atoms with van der Waals surface area (Å²) < 4.78 is 0. The van der Waals surface area contributed by atoms with Crippen molar-refractivity contribution >= 4 is 0 Å². The molecule has 1 N–H and O–H groups in total. The van der Waals surface area contributed by atoms with Crippen molar-refractivity contribution in [2.24, 2.45) is 0 Å². The van der Waals surface area contributed by atoms with Crippen LogP contribution in [-0.2, 0) is 0 Å². The van der Waals surface area contributed by atoms with Crippen LogP contribution in [0.25, 0.3) is 0 Å². The van der Waals surface area contributed by atoms with Crippen LogP contribution >= 0.6 is 0 Å². The van der Waals surface area contributed by atoms with Crippen LogP contribution in [0.4, 0.5) is 0 Å². The summed E-state index contributed by atoms with van der Waals surface area (Å²) in [4.78, 5) is 5.02. The fourth-order valence-corrected chi connectivity index (χ4v) is 2.59. The Balaban J connectivity index is 2.25. The second-order valence-electron chi connectivity index (χ2n) is 5.20. The normalized spacial score (nSPS) is 23.8.